The second-order valence-corrected chi connectivity index (χ2v) is 5.51. The number of carbonyl (C=O) groups excluding carboxylic acids is 2. The van der Waals surface area contributed by atoms with Crippen LogP contribution in [0.4, 0.5) is 0 Å². The Morgan fingerprint density at radius 3 is 1.33 bits per heavy atom. The van der Waals surface area contributed by atoms with Crippen LogP contribution in [-0.4, -0.2) is 20.2 Å². The summed E-state index contributed by atoms with van der Waals surface area (Å²) in [4.78, 5) is 23.5. The predicted octanol–water partition coefficient (Wildman–Crippen LogP) is 1.09. The van der Waals surface area contributed by atoms with Gasteiger partial charge >= 0.3 is 10.2 Å². The van der Waals surface area contributed by atoms with Crippen LogP contribution in [0.15, 0.2) is 60.7 Å². The van der Waals surface area contributed by atoms with Crippen LogP contribution in [0, 0.1) is 0 Å². The first kappa shape index (κ1) is 14.7. The normalized spacial score (nSPS) is 10.7. The number of hydrogen-bond acceptors (Lipinski definition) is 4. The number of rotatable bonds is 4. The van der Waals surface area contributed by atoms with Crippen molar-refractivity contribution in [2.75, 3.05) is 0 Å². The molecule has 0 heterocycles. The van der Waals surface area contributed by atoms with E-state index in [2.05, 4.69) is 0 Å². The summed E-state index contributed by atoms with van der Waals surface area (Å²) in [5.74, 6) is -1.63. The third kappa shape index (κ3) is 4.15. The molecule has 0 saturated carbocycles. The first-order chi connectivity index (χ1) is 9.98. The van der Waals surface area contributed by atoms with Crippen LogP contribution in [-0.2, 0) is 10.2 Å². The highest BCUT2D eigenvalue weighted by Crippen LogP contribution is 2.01. The van der Waals surface area contributed by atoms with Gasteiger partial charge < -0.3 is 0 Å². The number of amides is 2. The van der Waals surface area contributed by atoms with E-state index in [1.807, 2.05) is 0 Å². The van der Waals surface area contributed by atoms with E-state index in [9.17, 15) is 18.0 Å². The Hall–Kier alpha value is -2.67. The third-order valence-electron chi connectivity index (χ3n) is 2.53. The van der Waals surface area contributed by atoms with E-state index in [1.54, 1.807) is 45.8 Å². The van der Waals surface area contributed by atoms with Gasteiger partial charge in [-0.3, -0.25) is 9.59 Å². The Balaban J connectivity index is 2.06. The van der Waals surface area contributed by atoms with Gasteiger partial charge in [-0.15, -0.1) is 0 Å². The fourth-order valence-electron chi connectivity index (χ4n) is 1.57. The first-order valence-corrected chi connectivity index (χ1v) is 7.45. The van der Waals surface area contributed by atoms with Gasteiger partial charge in [0.25, 0.3) is 11.8 Å². The summed E-state index contributed by atoms with van der Waals surface area (Å²) in [7, 11) is -4.28. The molecule has 0 aromatic heterocycles. The fraction of sp³-hybridized carbons (Fsp3) is 0. The first-order valence-electron chi connectivity index (χ1n) is 5.97. The molecule has 2 N–H and O–H groups in total. The summed E-state index contributed by atoms with van der Waals surface area (Å²) in [6.07, 6.45) is 0. The molecule has 0 saturated heterocycles. The Morgan fingerprint density at radius 2 is 1.00 bits per heavy atom. The summed E-state index contributed by atoms with van der Waals surface area (Å²) in [6, 6.07) is 15.6. The molecule has 2 rings (SSSR count). The van der Waals surface area contributed by atoms with Crippen molar-refractivity contribution < 1.29 is 18.0 Å². The average Bonchev–Trinajstić information content (AvgIpc) is 2.48. The smallest absolute Gasteiger partial charge is 0.268 e. The molecule has 0 aliphatic carbocycles. The van der Waals surface area contributed by atoms with Gasteiger partial charge in [-0.25, -0.2) is 9.44 Å². The van der Waals surface area contributed by atoms with Crippen LogP contribution in [0.1, 0.15) is 20.7 Å². The molecule has 2 amide bonds. The van der Waals surface area contributed by atoms with Gasteiger partial charge in [0.05, 0.1) is 0 Å². The molecule has 0 aliphatic rings. The molecule has 0 radical (unpaired) electrons. The van der Waals surface area contributed by atoms with E-state index in [1.165, 1.54) is 24.3 Å². The number of benzene rings is 2. The van der Waals surface area contributed by atoms with Crippen molar-refractivity contribution in [2.24, 2.45) is 0 Å². The maximum absolute atomic E-state index is 11.7. The molecule has 108 valence electrons. The van der Waals surface area contributed by atoms with Crippen molar-refractivity contribution in [1.82, 2.24) is 9.44 Å². The van der Waals surface area contributed by atoms with Crippen molar-refractivity contribution in [1.29, 1.82) is 0 Å². The maximum Gasteiger partial charge on any atom is 0.326 e. The van der Waals surface area contributed by atoms with Crippen LogP contribution >= 0.6 is 0 Å². The van der Waals surface area contributed by atoms with E-state index < -0.39 is 22.0 Å². The number of nitrogens with one attached hydrogen (secondary N) is 2. The standard InChI is InChI=1S/C14H12N2O4S/c17-13(11-7-3-1-4-8-11)15-21(19,20)16-14(18)12-9-5-2-6-10-12/h1-10H,(H,15,17)(H,16,18). The van der Waals surface area contributed by atoms with Crippen molar-refractivity contribution in [3.05, 3.63) is 71.8 Å². The molecule has 0 fully saturated rings. The average molecular weight is 304 g/mol. The van der Waals surface area contributed by atoms with Crippen LogP contribution < -0.4 is 9.44 Å². The summed E-state index contributed by atoms with van der Waals surface area (Å²) in [5, 5.41) is 0. The second kappa shape index (κ2) is 6.19. The van der Waals surface area contributed by atoms with Gasteiger partial charge in [0.1, 0.15) is 0 Å². The van der Waals surface area contributed by atoms with Crippen LogP contribution in [0.3, 0.4) is 0 Å². The lowest BCUT2D eigenvalue weighted by Crippen LogP contribution is -2.43. The molecule has 0 atom stereocenters. The minimum absolute atomic E-state index is 0.176. The third-order valence-corrected chi connectivity index (χ3v) is 3.43. The van der Waals surface area contributed by atoms with Crippen molar-refractivity contribution in [2.45, 2.75) is 0 Å². The van der Waals surface area contributed by atoms with Crippen LogP contribution in [0.5, 0.6) is 0 Å². The largest absolute Gasteiger partial charge is 0.326 e. The van der Waals surface area contributed by atoms with Gasteiger partial charge in [-0.2, -0.15) is 8.42 Å². The van der Waals surface area contributed by atoms with Crippen molar-refractivity contribution >= 4 is 22.0 Å². The van der Waals surface area contributed by atoms with Gasteiger partial charge in [-0.1, -0.05) is 36.4 Å². The Bertz CT molecular complexity index is 684. The minimum atomic E-state index is -4.28. The topological polar surface area (TPSA) is 92.3 Å². The molecule has 0 aliphatic heterocycles. The highest BCUT2D eigenvalue weighted by atomic mass is 32.2. The SMILES string of the molecule is O=C(NS(=O)(=O)NC(=O)c1ccccc1)c1ccccc1. The Labute approximate surface area is 122 Å². The van der Waals surface area contributed by atoms with Crippen LogP contribution in [0.2, 0.25) is 0 Å². The minimum Gasteiger partial charge on any atom is -0.268 e. The zero-order chi connectivity index (χ0) is 15.3. The summed E-state index contributed by atoms with van der Waals surface area (Å²) in [6.45, 7) is 0. The van der Waals surface area contributed by atoms with E-state index in [0.29, 0.717) is 0 Å². The monoisotopic (exact) mass is 304 g/mol. The number of hydrogen-bond donors (Lipinski definition) is 2. The fourth-order valence-corrected chi connectivity index (χ4v) is 2.34. The van der Waals surface area contributed by atoms with Gasteiger partial charge in [0, 0.05) is 11.1 Å². The predicted molar refractivity (Wildman–Crippen MR) is 76.7 cm³/mol. The van der Waals surface area contributed by atoms with Crippen LogP contribution in [0.25, 0.3) is 0 Å². The van der Waals surface area contributed by atoms with Crippen molar-refractivity contribution in [3.63, 3.8) is 0 Å². The van der Waals surface area contributed by atoms with Gasteiger partial charge in [0.15, 0.2) is 0 Å². The van der Waals surface area contributed by atoms with Gasteiger partial charge in [-0.05, 0) is 24.3 Å². The second-order valence-electron chi connectivity index (χ2n) is 4.10. The van der Waals surface area contributed by atoms with E-state index in [-0.39, 0.29) is 11.1 Å². The molecule has 0 spiro atoms. The lowest BCUT2D eigenvalue weighted by molar-refractivity contribution is 0.0976. The molecule has 2 aromatic rings. The van der Waals surface area contributed by atoms with Crippen molar-refractivity contribution in [3.8, 4) is 0 Å². The van der Waals surface area contributed by atoms with E-state index in [0.717, 1.165) is 0 Å². The zero-order valence-corrected chi connectivity index (χ0v) is 11.6. The quantitative estimate of drug-likeness (QED) is 0.884. The Kier molecular flexibility index (Phi) is 4.34. The zero-order valence-electron chi connectivity index (χ0n) is 10.8. The molecule has 7 heteroatoms. The highest BCUT2D eigenvalue weighted by Gasteiger charge is 2.19. The highest BCUT2D eigenvalue weighted by molar-refractivity contribution is 7.88. The molecular formula is C14H12N2O4S. The molecule has 2 aromatic carbocycles. The lowest BCUT2D eigenvalue weighted by atomic mass is 10.2. The maximum atomic E-state index is 11.7. The molecule has 0 unspecified atom stereocenters. The van der Waals surface area contributed by atoms with E-state index in [4.69, 9.17) is 0 Å². The molecule has 21 heavy (non-hydrogen) atoms. The molecular weight excluding hydrogens is 292 g/mol. The Morgan fingerprint density at radius 1 is 0.667 bits per heavy atom. The summed E-state index contributed by atoms with van der Waals surface area (Å²) >= 11 is 0. The van der Waals surface area contributed by atoms with Gasteiger partial charge in [0.2, 0.25) is 0 Å². The molecule has 6 nitrogen and oxygen atoms in total. The van der Waals surface area contributed by atoms with E-state index >= 15 is 0 Å². The number of carbonyl (C=O) groups is 2. The summed E-state index contributed by atoms with van der Waals surface area (Å²) < 4.78 is 27.0. The molecule has 0 bridgehead atoms. The lowest BCUT2D eigenvalue weighted by Gasteiger charge is -2.08. The summed E-state index contributed by atoms with van der Waals surface area (Å²) in [5.41, 5.74) is 0.352.